The van der Waals surface area contributed by atoms with Crippen molar-refractivity contribution < 1.29 is 42.6 Å². The monoisotopic (exact) mass is 504 g/mol. The molecule has 1 heterocycles. The summed E-state index contributed by atoms with van der Waals surface area (Å²) in [5, 5.41) is 0. The SMILES string of the molecule is CCCOCCOCCOCCOCCOCCOCCOCCOCCOc1ccc(N)cn1. The normalized spacial score (nSPS) is 11.2. The minimum atomic E-state index is 0.421. The number of ether oxygens (including phenoxy) is 9. The maximum absolute atomic E-state index is 5.56. The summed E-state index contributed by atoms with van der Waals surface area (Å²) < 4.78 is 48.8. The first-order chi connectivity index (χ1) is 17.3. The highest BCUT2D eigenvalue weighted by atomic mass is 16.6. The highest BCUT2D eigenvalue weighted by Gasteiger charge is 1.97. The highest BCUT2D eigenvalue weighted by molar-refractivity contribution is 5.35. The average molecular weight is 505 g/mol. The lowest BCUT2D eigenvalue weighted by Crippen LogP contribution is -2.15. The fourth-order valence-electron chi connectivity index (χ4n) is 2.47. The molecule has 1 rings (SSSR count). The van der Waals surface area contributed by atoms with Crippen molar-refractivity contribution in [2.45, 2.75) is 13.3 Å². The zero-order chi connectivity index (χ0) is 25.1. The van der Waals surface area contributed by atoms with E-state index in [2.05, 4.69) is 11.9 Å². The van der Waals surface area contributed by atoms with Gasteiger partial charge in [0.15, 0.2) is 0 Å². The topological polar surface area (TPSA) is 122 Å². The molecule has 0 aliphatic carbocycles. The van der Waals surface area contributed by atoms with Crippen molar-refractivity contribution in [2.75, 3.05) is 118 Å². The predicted molar refractivity (Wildman–Crippen MR) is 131 cm³/mol. The van der Waals surface area contributed by atoms with Gasteiger partial charge in [-0.1, -0.05) is 6.92 Å². The summed E-state index contributed by atoms with van der Waals surface area (Å²) in [7, 11) is 0. The first-order valence-corrected chi connectivity index (χ1v) is 12.3. The zero-order valence-corrected chi connectivity index (χ0v) is 21.2. The number of rotatable bonds is 27. The number of nitrogens with two attached hydrogens (primary N) is 1. The van der Waals surface area contributed by atoms with Gasteiger partial charge in [0.25, 0.3) is 0 Å². The van der Waals surface area contributed by atoms with Crippen molar-refractivity contribution in [3.05, 3.63) is 18.3 Å². The van der Waals surface area contributed by atoms with E-state index in [1.807, 2.05) is 0 Å². The molecule has 0 radical (unpaired) electrons. The summed E-state index contributed by atoms with van der Waals surface area (Å²) in [6, 6.07) is 3.46. The Kier molecular flexibility index (Phi) is 22.9. The van der Waals surface area contributed by atoms with Crippen molar-refractivity contribution in [1.29, 1.82) is 0 Å². The predicted octanol–water partition coefficient (Wildman–Crippen LogP) is 1.59. The Morgan fingerprint density at radius 1 is 0.514 bits per heavy atom. The van der Waals surface area contributed by atoms with Gasteiger partial charge in [-0.15, -0.1) is 0 Å². The van der Waals surface area contributed by atoms with E-state index in [0.717, 1.165) is 13.0 Å². The molecule has 0 saturated carbocycles. The van der Waals surface area contributed by atoms with Crippen LogP contribution in [0.5, 0.6) is 5.88 Å². The Labute approximate surface area is 209 Å². The largest absolute Gasteiger partial charge is 0.475 e. The molecular formula is C24H44N2O9. The fraction of sp³-hybridized carbons (Fsp3) is 0.792. The zero-order valence-electron chi connectivity index (χ0n) is 21.2. The van der Waals surface area contributed by atoms with E-state index in [1.54, 1.807) is 18.3 Å². The molecule has 0 aliphatic heterocycles. The molecule has 0 atom stereocenters. The van der Waals surface area contributed by atoms with Crippen LogP contribution in [0.25, 0.3) is 0 Å². The van der Waals surface area contributed by atoms with Gasteiger partial charge >= 0.3 is 0 Å². The Hall–Kier alpha value is -1.57. The number of nitrogen functional groups attached to an aromatic ring is 1. The minimum absolute atomic E-state index is 0.421. The maximum atomic E-state index is 5.56. The van der Waals surface area contributed by atoms with E-state index in [-0.39, 0.29) is 0 Å². The van der Waals surface area contributed by atoms with Gasteiger partial charge < -0.3 is 48.4 Å². The molecular weight excluding hydrogens is 460 g/mol. The van der Waals surface area contributed by atoms with Gasteiger partial charge in [0.05, 0.1) is 111 Å². The Bertz CT molecular complexity index is 552. The van der Waals surface area contributed by atoms with E-state index >= 15 is 0 Å². The number of nitrogens with zero attached hydrogens (tertiary/aromatic N) is 1. The highest BCUT2D eigenvalue weighted by Crippen LogP contribution is 2.07. The van der Waals surface area contributed by atoms with Crippen LogP contribution in [0.15, 0.2) is 18.3 Å². The molecule has 11 nitrogen and oxygen atoms in total. The summed E-state index contributed by atoms with van der Waals surface area (Å²) in [4.78, 5) is 4.04. The smallest absolute Gasteiger partial charge is 0.213 e. The summed E-state index contributed by atoms with van der Waals surface area (Å²) in [5.74, 6) is 0.527. The van der Waals surface area contributed by atoms with Gasteiger partial charge in [0.2, 0.25) is 5.88 Å². The van der Waals surface area contributed by atoms with Crippen molar-refractivity contribution >= 4 is 5.69 Å². The molecule has 1 aromatic heterocycles. The molecule has 0 amide bonds. The number of anilines is 1. The second-order valence-electron chi connectivity index (χ2n) is 7.18. The van der Waals surface area contributed by atoms with Crippen molar-refractivity contribution in [2.24, 2.45) is 0 Å². The molecule has 0 fully saturated rings. The lowest BCUT2D eigenvalue weighted by atomic mass is 10.4. The van der Waals surface area contributed by atoms with E-state index < -0.39 is 0 Å². The van der Waals surface area contributed by atoms with Crippen LogP contribution >= 0.6 is 0 Å². The van der Waals surface area contributed by atoms with E-state index in [1.165, 1.54) is 0 Å². The third-order valence-corrected chi connectivity index (χ3v) is 4.19. The van der Waals surface area contributed by atoms with Gasteiger partial charge in [-0.05, 0) is 12.5 Å². The molecule has 0 aromatic carbocycles. The van der Waals surface area contributed by atoms with Gasteiger partial charge in [0, 0.05) is 12.7 Å². The van der Waals surface area contributed by atoms with Crippen LogP contribution in [0, 0.1) is 0 Å². The molecule has 1 aromatic rings. The second kappa shape index (κ2) is 25.5. The Morgan fingerprint density at radius 3 is 1.17 bits per heavy atom. The summed E-state index contributed by atoms with van der Waals surface area (Å²) in [5.41, 5.74) is 6.17. The van der Waals surface area contributed by atoms with Gasteiger partial charge in [0.1, 0.15) is 6.61 Å². The first kappa shape index (κ1) is 31.5. The van der Waals surface area contributed by atoms with Gasteiger partial charge in [-0.3, -0.25) is 0 Å². The summed E-state index contributed by atoms with van der Waals surface area (Å²) in [6.45, 7) is 11.3. The lowest BCUT2D eigenvalue weighted by molar-refractivity contribution is -0.0236. The molecule has 0 bridgehead atoms. The second-order valence-corrected chi connectivity index (χ2v) is 7.18. The van der Waals surface area contributed by atoms with Crippen molar-refractivity contribution in [3.8, 4) is 5.88 Å². The number of aromatic nitrogens is 1. The van der Waals surface area contributed by atoms with Crippen LogP contribution < -0.4 is 10.5 Å². The first-order valence-electron chi connectivity index (χ1n) is 12.3. The Morgan fingerprint density at radius 2 is 0.857 bits per heavy atom. The number of pyridine rings is 1. The van der Waals surface area contributed by atoms with E-state index in [4.69, 9.17) is 48.4 Å². The minimum Gasteiger partial charge on any atom is -0.475 e. The van der Waals surface area contributed by atoms with Crippen LogP contribution in [-0.4, -0.2) is 117 Å². The molecule has 0 spiro atoms. The van der Waals surface area contributed by atoms with Crippen LogP contribution in [-0.2, 0) is 37.9 Å². The molecule has 0 unspecified atom stereocenters. The molecule has 0 saturated heterocycles. The van der Waals surface area contributed by atoms with Gasteiger partial charge in [-0.2, -0.15) is 0 Å². The van der Waals surface area contributed by atoms with E-state index in [9.17, 15) is 0 Å². The maximum Gasteiger partial charge on any atom is 0.213 e. The fourth-order valence-corrected chi connectivity index (χ4v) is 2.47. The van der Waals surface area contributed by atoms with Crippen LogP contribution in [0.4, 0.5) is 5.69 Å². The third kappa shape index (κ3) is 22.6. The van der Waals surface area contributed by atoms with Crippen molar-refractivity contribution in [1.82, 2.24) is 4.98 Å². The number of hydrogen-bond donors (Lipinski definition) is 1. The molecule has 204 valence electrons. The van der Waals surface area contributed by atoms with Crippen LogP contribution in [0.2, 0.25) is 0 Å². The Balaban J connectivity index is 1.65. The van der Waals surface area contributed by atoms with Crippen LogP contribution in [0.1, 0.15) is 13.3 Å². The van der Waals surface area contributed by atoms with Crippen LogP contribution in [0.3, 0.4) is 0 Å². The molecule has 11 heteroatoms. The standard InChI is InChI=1S/C24H44N2O9/c1-2-5-27-6-7-28-8-9-29-10-11-30-12-13-31-14-15-32-16-17-33-18-19-34-20-21-35-24-4-3-23(25)22-26-24/h3-4,22H,2,5-21,25H2,1H3. The van der Waals surface area contributed by atoms with Crippen molar-refractivity contribution in [3.63, 3.8) is 0 Å². The lowest BCUT2D eigenvalue weighted by Gasteiger charge is -2.09. The summed E-state index contributed by atoms with van der Waals surface area (Å²) in [6.07, 6.45) is 2.58. The average Bonchev–Trinajstić information content (AvgIpc) is 2.87. The third-order valence-electron chi connectivity index (χ3n) is 4.19. The quantitative estimate of drug-likeness (QED) is 0.176. The molecule has 0 aliphatic rings. The number of hydrogen-bond acceptors (Lipinski definition) is 11. The van der Waals surface area contributed by atoms with Gasteiger partial charge in [-0.25, -0.2) is 4.98 Å². The molecule has 2 N–H and O–H groups in total. The summed E-state index contributed by atoms with van der Waals surface area (Å²) >= 11 is 0. The molecule has 35 heavy (non-hydrogen) atoms. The van der Waals surface area contributed by atoms with E-state index in [0.29, 0.717) is 117 Å².